The lowest BCUT2D eigenvalue weighted by molar-refractivity contribution is -0.0199. The minimum atomic E-state index is -0.515. The highest BCUT2D eigenvalue weighted by molar-refractivity contribution is 9.11. The fraction of sp³-hybridized carbons (Fsp3) is 0.115. The Kier molecular flexibility index (Phi) is 4.81. The van der Waals surface area contributed by atoms with Crippen molar-refractivity contribution in [3.8, 4) is 5.75 Å². The van der Waals surface area contributed by atoms with E-state index in [9.17, 15) is 4.39 Å². The number of ether oxygens (including phenoxy) is 1. The van der Waals surface area contributed by atoms with E-state index in [2.05, 4.69) is 68.3 Å². The summed E-state index contributed by atoms with van der Waals surface area (Å²) in [5.41, 5.74) is 3.87. The molecule has 4 aromatic carbocycles. The molecule has 2 aliphatic rings. The predicted octanol–water partition coefficient (Wildman–Crippen LogP) is 7.75. The topological polar surface area (TPSA) is 24.8 Å². The molecular formula is C26H17Br2FN2O. The molecule has 0 aliphatic carbocycles. The lowest BCUT2D eigenvalue weighted by Gasteiger charge is -2.38. The maximum Gasteiger partial charge on any atom is 0.214 e. The first kappa shape index (κ1) is 19.9. The molecule has 0 bridgehead atoms. The molecule has 32 heavy (non-hydrogen) atoms. The molecule has 0 unspecified atom stereocenters. The van der Waals surface area contributed by atoms with Gasteiger partial charge in [-0.2, -0.15) is 5.10 Å². The van der Waals surface area contributed by atoms with E-state index < -0.39 is 6.23 Å². The van der Waals surface area contributed by atoms with Crippen LogP contribution in [-0.2, 0) is 0 Å². The van der Waals surface area contributed by atoms with Crippen molar-refractivity contribution in [2.45, 2.75) is 18.7 Å². The lowest BCUT2D eigenvalue weighted by atomic mass is 9.95. The maximum absolute atomic E-state index is 14.1. The molecule has 0 radical (unpaired) electrons. The highest BCUT2D eigenvalue weighted by Crippen LogP contribution is 2.50. The fourth-order valence-electron chi connectivity index (χ4n) is 4.54. The van der Waals surface area contributed by atoms with Gasteiger partial charge in [0, 0.05) is 22.0 Å². The Morgan fingerprint density at radius 2 is 1.75 bits per heavy atom. The molecule has 2 atom stereocenters. The van der Waals surface area contributed by atoms with Gasteiger partial charge in [0.1, 0.15) is 11.6 Å². The van der Waals surface area contributed by atoms with Crippen LogP contribution < -0.4 is 4.74 Å². The van der Waals surface area contributed by atoms with E-state index >= 15 is 0 Å². The van der Waals surface area contributed by atoms with Gasteiger partial charge < -0.3 is 4.74 Å². The van der Waals surface area contributed by atoms with E-state index in [0.29, 0.717) is 0 Å². The van der Waals surface area contributed by atoms with Gasteiger partial charge in [0.05, 0.1) is 16.2 Å². The third-order valence-corrected chi connectivity index (χ3v) is 7.07. The normalized spacial score (nSPS) is 19.3. The van der Waals surface area contributed by atoms with Crippen molar-refractivity contribution in [1.82, 2.24) is 5.01 Å². The first-order chi connectivity index (χ1) is 15.6. The molecule has 6 heteroatoms. The molecular weight excluding hydrogens is 535 g/mol. The summed E-state index contributed by atoms with van der Waals surface area (Å²) in [7, 11) is 0. The van der Waals surface area contributed by atoms with Crippen LogP contribution in [0.25, 0.3) is 10.8 Å². The Balaban J connectivity index is 1.48. The molecule has 3 nitrogen and oxygen atoms in total. The van der Waals surface area contributed by atoms with Crippen molar-refractivity contribution in [3.05, 3.63) is 110 Å². The second kappa shape index (κ2) is 7.71. The summed E-state index contributed by atoms with van der Waals surface area (Å²) in [4.78, 5) is 0. The van der Waals surface area contributed by atoms with Crippen molar-refractivity contribution in [2.75, 3.05) is 0 Å². The van der Waals surface area contributed by atoms with Gasteiger partial charge in [-0.3, -0.25) is 0 Å². The average molecular weight is 552 g/mol. The van der Waals surface area contributed by atoms with E-state index in [1.165, 1.54) is 22.9 Å². The minimum Gasteiger partial charge on any atom is -0.463 e. The maximum atomic E-state index is 14.1. The van der Waals surface area contributed by atoms with Gasteiger partial charge in [-0.05, 0) is 62.6 Å². The molecule has 0 saturated carbocycles. The summed E-state index contributed by atoms with van der Waals surface area (Å²) >= 11 is 7.25. The third kappa shape index (κ3) is 3.33. The van der Waals surface area contributed by atoms with Crippen molar-refractivity contribution < 1.29 is 9.13 Å². The number of halogens is 3. The molecule has 0 aromatic heterocycles. The van der Waals surface area contributed by atoms with Crippen LogP contribution in [0.2, 0.25) is 0 Å². The minimum absolute atomic E-state index is 0.0118. The van der Waals surface area contributed by atoms with Crippen LogP contribution >= 0.6 is 31.9 Å². The summed E-state index contributed by atoms with van der Waals surface area (Å²) < 4.78 is 22.3. The standard InChI is InChI=1S/C26H17Br2FN2O/c27-19-12-21-24-14-23(17-9-8-15-4-1-2-5-16(15)10-17)30-31(24)26(32-25(21)22(28)13-19)18-6-3-7-20(29)11-18/h1-13,24,26H,14H2/t24-,26+/m0/s1. The van der Waals surface area contributed by atoms with Crippen LogP contribution in [0.5, 0.6) is 5.75 Å². The summed E-state index contributed by atoms with van der Waals surface area (Å²) in [6.45, 7) is 0. The van der Waals surface area contributed by atoms with Crippen LogP contribution in [0.1, 0.15) is 35.4 Å². The summed E-state index contributed by atoms with van der Waals surface area (Å²) in [5, 5.41) is 9.36. The first-order valence-corrected chi connectivity index (χ1v) is 11.9. The number of rotatable bonds is 2. The quantitative estimate of drug-likeness (QED) is 0.254. The molecule has 0 amide bonds. The van der Waals surface area contributed by atoms with Crippen LogP contribution in [0.15, 0.2) is 92.9 Å². The van der Waals surface area contributed by atoms with E-state index in [-0.39, 0.29) is 11.9 Å². The van der Waals surface area contributed by atoms with Crippen LogP contribution in [-0.4, -0.2) is 10.7 Å². The lowest BCUT2D eigenvalue weighted by Crippen LogP contribution is -2.34. The molecule has 0 fully saturated rings. The summed E-state index contributed by atoms with van der Waals surface area (Å²) in [6.07, 6.45) is 0.224. The molecule has 0 saturated heterocycles. The van der Waals surface area contributed by atoms with Gasteiger partial charge in [-0.1, -0.05) is 64.5 Å². The number of hydrazone groups is 1. The Hall–Kier alpha value is -2.70. The summed E-state index contributed by atoms with van der Waals surface area (Å²) in [5.74, 6) is 0.486. The van der Waals surface area contributed by atoms with E-state index in [1.807, 2.05) is 29.3 Å². The Morgan fingerprint density at radius 3 is 2.59 bits per heavy atom. The van der Waals surface area contributed by atoms with Crippen molar-refractivity contribution >= 4 is 48.3 Å². The van der Waals surface area contributed by atoms with Crippen LogP contribution in [0.4, 0.5) is 4.39 Å². The molecule has 4 aromatic rings. The molecule has 6 rings (SSSR count). The molecule has 0 spiro atoms. The van der Waals surface area contributed by atoms with E-state index in [0.717, 1.165) is 43.5 Å². The molecule has 2 heterocycles. The zero-order chi connectivity index (χ0) is 21.8. The summed E-state index contributed by atoms with van der Waals surface area (Å²) in [6, 6.07) is 25.3. The second-order valence-electron chi connectivity index (χ2n) is 8.04. The number of hydrogen-bond donors (Lipinski definition) is 0. The number of nitrogens with zero attached hydrogens (tertiary/aromatic N) is 2. The first-order valence-electron chi connectivity index (χ1n) is 10.3. The second-order valence-corrected chi connectivity index (χ2v) is 9.81. The van der Waals surface area contributed by atoms with Crippen molar-refractivity contribution in [3.63, 3.8) is 0 Å². The largest absolute Gasteiger partial charge is 0.463 e. The zero-order valence-electron chi connectivity index (χ0n) is 16.8. The molecule has 158 valence electrons. The fourth-order valence-corrected chi connectivity index (χ4v) is 5.89. The predicted molar refractivity (Wildman–Crippen MR) is 131 cm³/mol. The van der Waals surface area contributed by atoms with E-state index in [4.69, 9.17) is 9.84 Å². The van der Waals surface area contributed by atoms with Crippen LogP contribution in [0.3, 0.4) is 0 Å². The Morgan fingerprint density at radius 1 is 0.906 bits per heavy atom. The number of hydrogen-bond acceptors (Lipinski definition) is 3. The van der Waals surface area contributed by atoms with Gasteiger partial charge in [-0.25, -0.2) is 9.40 Å². The monoisotopic (exact) mass is 550 g/mol. The van der Waals surface area contributed by atoms with Crippen molar-refractivity contribution in [1.29, 1.82) is 0 Å². The molecule has 0 N–H and O–H groups in total. The zero-order valence-corrected chi connectivity index (χ0v) is 20.0. The van der Waals surface area contributed by atoms with Gasteiger partial charge in [0.25, 0.3) is 0 Å². The Labute approximate surface area is 201 Å². The van der Waals surface area contributed by atoms with Gasteiger partial charge in [-0.15, -0.1) is 0 Å². The van der Waals surface area contributed by atoms with Crippen LogP contribution in [0, 0.1) is 5.82 Å². The smallest absolute Gasteiger partial charge is 0.214 e. The Bertz CT molecular complexity index is 1400. The van der Waals surface area contributed by atoms with E-state index in [1.54, 1.807) is 6.07 Å². The van der Waals surface area contributed by atoms with Gasteiger partial charge in [0.15, 0.2) is 0 Å². The van der Waals surface area contributed by atoms with Gasteiger partial charge in [0.2, 0.25) is 6.23 Å². The van der Waals surface area contributed by atoms with Crippen molar-refractivity contribution in [2.24, 2.45) is 5.10 Å². The SMILES string of the molecule is Fc1cccc([C@H]2Oc3c(Br)cc(Br)cc3[C@@H]3CC(c4ccc5ccccc5c4)=NN23)c1. The number of benzene rings is 4. The number of fused-ring (bicyclic) bond motifs is 4. The highest BCUT2D eigenvalue weighted by Gasteiger charge is 2.42. The third-order valence-electron chi connectivity index (χ3n) is 6.02. The average Bonchev–Trinajstić information content (AvgIpc) is 3.24. The molecule has 2 aliphatic heterocycles. The van der Waals surface area contributed by atoms with Gasteiger partial charge >= 0.3 is 0 Å². The highest BCUT2D eigenvalue weighted by atomic mass is 79.9.